The van der Waals surface area contributed by atoms with Crippen LogP contribution in [0.25, 0.3) is 6.08 Å². The zero-order valence-electron chi connectivity index (χ0n) is 18.3. The van der Waals surface area contributed by atoms with Crippen molar-refractivity contribution < 1.29 is 17.7 Å². The van der Waals surface area contributed by atoms with E-state index in [4.69, 9.17) is 4.52 Å². The molecule has 1 fully saturated rings. The molecule has 0 aliphatic carbocycles. The highest BCUT2D eigenvalue weighted by Gasteiger charge is 2.22. The Morgan fingerprint density at radius 3 is 2.32 bits per heavy atom. The van der Waals surface area contributed by atoms with Gasteiger partial charge in [-0.1, -0.05) is 31.1 Å². The molecule has 0 unspecified atom stereocenters. The first-order chi connectivity index (χ1) is 14.8. The quantitative estimate of drug-likeness (QED) is 0.579. The third-order valence-corrected chi connectivity index (χ3v) is 7.45. The Morgan fingerprint density at radius 1 is 1.13 bits per heavy atom. The maximum atomic E-state index is 12.6. The van der Waals surface area contributed by atoms with Gasteiger partial charge in [0, 0.05) is 58.0 Å². The number of nitrogens with zero attached hydrogens (tertiary/aromatic N) is 4. The Labute approximate surface area is 184 Å². The van der Waals surface area contributed by atoms with Crippen LogP contribution in [0.5, 0.6) is 0 Å². The van der Waals surface area contributed by atoms with Gasteiger partial charge in [0.2, 0.25) is 15.9 Å². The topological polar surface area (TPSA) is 87.0 Å². The fourth-order valence-electron chi connectivity index (χ4n) is 3.58. The van der Waals surface area contributed by atoms with E-state index in [2.05, 4.69) is 10.1 Å². The summed E-state index contributed by atoms with van der Waals surface area (Å²) in [5, 5.41) is 4.02. The van der Waals surface area contributed by atoms with E-state index in [1.807, 2.05) is 31.7 Å². The third-order valence-electron chi connectivity index (χ3n) is 5.39. The number of aryl methyl sites for hydroxylation is 1. The molecule has 168 valence electrons. The molecular formula is C22H30N4O4S. The zero-order valence-corrected chi connectivity index (χ0v) is 19.1. The molecule has 2 aromatic rings. The number of sulfonamides is 1. The molecule has 1 aliphatic heterocycles. The van der Waals surface area contributed by atoms with Crippen molar-refractivity contribution in [3.63, 3.8) is 0 Å². The molecule has 8 nitrogen and oxygen atoms in total. The summed E-state index contributed by atoms with van der Waals surface area (Å²) < 4.78 is 31.6. The lowest BCUT2D eigenvalue weighted by Gasteiger charge is -2.33. The molecule has 0 spiro atoms. The normalized spacial score (nSPS) is 15.8. The van der Waals surface area contributed by atoms with E-state index in [1.165, 1.54) is 4.31 Å². The minimum absolute atomic E-state index is 0.0447. The van der Waals surface area contributed by atoms with Crippen molar-refractivity contribution in [3.8, 4) is 0 Å². The van der Waals surface area contributed by atoms with Crippen molar-refractivity contribution in [2.24, 2.45) is 0 Å². The van der Waals surface area contributed by atoms with Crippen LogP contribution in [0.15, 0.2) is 45.8 Å². The van der Waals surface area contributed by atoms with E-state index < -0.39 is 10.0 Å². The molecular weight excluding hydrogens is 416 g/mol. The van der Waals surface area contributed by atoms with Gasteiger partial charge < -0.3 is 9.42 Å². The molecule has 0 radical (unpaired) electrons. The number of carbonyl (C=O) groups excluding carboxylic acids is 1. The van der Waals surface area contributed by atoms with Crippen LogP contribution < -0.4 is 0 Å². The van der Waals surface area contributed by atoms with Crippen LogP contribution in [0, 0.1) is 6.92 Å². The fraction of sp³-hybridized carbons (Fsp3) is 0.455. The minimum Gasteiger partial charge on any atom is -0.361 e. The summed E-state index contributed by atoms with van der Waals surface area (Å²) in [5.74, 6) is 0.754. The van der Waals surface area contributed by atoms with E-state index in [1.54, 1.807) is 36.4 Å². The Kier molecular flexibility index (Phi) is 7.64. The second-order valence-corrected chi connectivity index (χ2v) is 9.46. The first-order valence-electron chi connectivity index (χ1n) is 10.5. The molecule has 1 amide bonds. The highest BCUT2D eigenvalue weighted by molar-refractivity contribution is 7.89. The summed E-state index contributed by atoms with van der Waals surface area (Å²) in [7, 11) is -3.47. The van der Waals surface area contributed by atoms with Crippen molar-refractivity contribution in [1.29, 1.82) is 0 Å². The molecule has 1 aromatic carbocycles. The minimum atomic E-state index is -3.47. The average molecular weight is 447 g/mol. The number of aromatic nitrogens is 1. The molecule has 3 rings (SSSR count). The Balaban J connectivity index is 1.53. The summed E-state index contributed by atoms with van der Waals surface area (Å²) in [4.78, 5) is 16.9. The number of carbonyl (C=O) groups is 1. The van der Waals surface area contributed by atoms with Crippen LogP contribution in [0.3, 0.4) is 0 Å². The second-order valence-electron chi connectivity index (χ2n) is 7.52. The van der Waals surface area contributed by atoms with E-state index in [-0.39, 0.29) is 10.8 Å². The van der Waals surface area contributed by atoms with E-state index in [0.717, 1.165) is 36.7 Å². The van der Waals surface area contributed by atoms with Crippen LogP contribution >= 0.6 is 0 Å². The van der Waals surface area contributed by atoms with Crippen LogP contribution in [0.4, 0.5) is 0 Å². The Morgan fingerprint density at radius 2 is 1.77 bits per heavy atom. The molecule has 9 heteroatoms. The number of rotatable bonds is 8. The van der Waals surface area contributed by atoms with Crippen molar-refractivity contribution >= 4 is 22.0 Å². The first-order valence-corrected chi connectivity index (χ1v) is 12.0. The summed E-state index contributed by atoms with van der Waals surface area (Å²) in [6.07, 6.45) is 3.27. The van der Waals surface area contributed by atoms with Gasteiger partial charge in [-0.05, 0) is 30.7 Å². The van der Waals surface area contributed by atoms with Crippen molar-refractivity contribution in [2.75, 3.05) is 39.3 Å². The number of amides is 1. The van der Waals surface area contributed by atoms with Gasteiger partial charge in [0.15, 0.2) is 0 Å². The number of hydrogen-bond acceptors (Lipinski definition) is 6. The highest BCUT2D eigenvalue weighted by Crippen LogP contribution is 2.17. The molecule has 1 aliphatic rings. The molecule has 1 aromatic heterocycles. The maximum Gasteiger partial charge on any atom is 0.246 e. The summed E-state index contributed by atoms with van der Waals surface area (Å²) >= 11 is 0. The lowest BCUT2D eigenvalue weighted by atomic mass is 10.2. The smallest absolute Gasteiger partial charge is 0.246 e. The number of piperazine rings is 1. The van der Waals surface area contributed by atoms with Crippen LogP contribution in [0.1, 0.15) is 30.9 Å². The molecule has 0 atom stereocenters. The molecule has 0 bridgehead atoms. The summed E-state index contributed by atoms with van der Waals surface area (Å²) in [5.41, 5.74) is 1.69. The van der Waals surface area contributed by atoms with Gasteiger partial charge in [-0.2, -0.15) is 4.31 Å². The fourth-order valence-corrected chi connectivity index (χ4v) is 5.04. The molecule has 0 N–H and O–H groups in total. The van der Waals surface area contributed by atoms with Gasteiger partial charge in [0.1, 0.15) is 5.76 Å². The average Bonchev–Trinajstić information content (AvgIpc) is 3.18. The van der Waals surface area contributed by atoms with Crippen LogP contribution in [0.2, 0.25) is 0 Å². The molecule has 0 saturated carbocycles. The highest BCUT2D eigenvalue weighted by atomic mass is 32.2. The van der Waals surface area contributed by atoms with Crippen LogP contribution in [-0.4, -0.2) is 72.9 Å². The molecule has 31 heavy (non-hydrogen) atoms. The monoisotopic (exact) mass is 446 g/mol. The molecule has 2 heterocycles. The maximum absolute atomic E-state index is 12.6. The van der Waals surface area contributed by atoms with E-state index in [9.17, 15) is 13.2 Å². The first kappa shape index (κ1) is 23.2. The zero-order chi connectivity index (χ0) is 22.4. The van der Waals surface area contributed by atoms with Crippen molar-refractivity contribution in [2.45, 2.75) is 32.2 Å². The standard InChI is InChI=1S/C22H30N4O4S/c1-4-26(5-2)31(28,29)21-9-6-19(7-10-21)8-11-22(27)25-14-12-24(13-15-25)17-20-16-18(3)30-23-20/h6-11,16H,4-5,12-15,17H2,1-3H3. The second kappa shape index (κ2) is 10.2. The number of benzene rings is 1. The van der Waals surface area contributed by atoms with Gasteiger partial charge in [-0.15, -0.1) is 0 Å². The van der Waals surface area contributed by atoms with Crippen molar-refractivity contribution in [1.82, 2.24) is 19.3 Å². The molecule has 1 saturated heterocycles. The summed E-state index contributed by atoms with van der Waals surface area (Å²) in [6.45, 7) is 9.96. The van der Waals surface area contributed by atoms with Gasteiger partial charge in [0.05, 0.1) is 10.6 Å². The lowest BCUT2D eigenvalue weighted by Crippen LogP contribution is -2.47. The van der Waals surface area contributed by atoms with Gasteiger partial charge in [-0.25, -0.2) is 8.42 Å². The van der Waals surface area contributed by atoms with E-state index in [0.29, 0.717) is 26.2 Å². The Bertz CT molecular complexity index is 1000. The third kappa shape index (κ3) is 5.81. The largest absolute Gasteiger partial charge is 0.361 e. The van der Waals surface area contributed by atoms with Crippen molar-refractivity contribution in [3.05, 3.63) is 53.4 Å². The summed E-state index contributed by atoms with van der Waals surface area (Å²) in [6, 6.07) is 8.54. The van der Waals surface area contributed by atoms with Gasteiger partial charge in [0.25, 0.3) is 0 Å². The van der Waals surface area contributed by atoms with Gasteiger partial charge >= 0.3 is 0 Å². The predicted octanol–water partition coefficient (Wildman–Crippen LogP) is 2.37. The van der Waals surface area contributed by atoms with Crippen LogP contribution in [-0.2, 0) is 21.4 Å². The SMILES string of the molecule is CCN(CC)S(=O)(=O)c1ccc(C=CC(=O)N2CCN(Cc3cc(C)on3)CC2)cc1. The van der Waals surface area contributed by atoms with E-state index >= 15 is 0 Å². The lowest BCUT2D eigenvalue weighted by molar-refractivity contribution is -0.127. The predicted molar refractivity (Wildman–Crippen MR) is 119 cm³/mol. The van der Waals surface area contributed by atoms with Gasteiger partial charge in [-0.3, -0.25) is 9.69 Å². The Hall–Kier alpha value is -2.49. The number of hydrogen-bond donors (Lipinski definition) is 0.